The van der Waals surface area contributed by atoms with E-state index in [1.807, 2.05) is 0 Å². The van der Waals surface area contributed by atoms with E-state index >= 15 is 0 Å². The number of hydrogen-bond acceptors (Lipinski definition) is 6. The van der Waals surface area contributed by atoms with Gasteiger partial charge < -0.3 is 14.2 Å². The Kier molecular flexibility index (Phi) is 58.1. The van der Waals surface area contributed by atoms with Crippen molar-refractivity contribution in [1.82, 2.24) is 0 Å². The van der Waals surface area contributed by atoms with Crippen molar-refractivity contribution in [3.8, 4) is 0 Å². The number of unbranched alkanes of at least 4 members (excludes halogenated alkanes) is 46. The molecule has 0 heterocycles. The smallest absolute Gasteiger partial charge is 0.306 e. The van der Waals surface area contributed by atoms with Crippen molar-refractivity contribution in [3.63, 3.8) is 0 Å². The average Bonchev–Trinajstić information content (AvgIpc) is 3.36. The second kappa shape index (κ2) is 59.7. The minimum Gasteiger partial charge on any atom is -0.462 e. The molecule has 0 bridgehead atoms. The van der Waals surface area contributed by atoms with Crippen LogP contribution in [0.2, 0.25) is 0 Å². The fourth-order valence-corrected chi connectivity index (χ4v) is 9.74. The molecule has 0 aliphatic rings. The molecule has 0 fully saturated rings. The summed E-state index contributed by atoms with van der Waals surface area (Å²) in [7, 11) is 0. The van der Waals surface area contributed by atoms with Crippen LogP contribution in [-0.2, 0) is 28.6 Å². The molecule has 0 N–H and O–H groups in total. The SMILES string of the molecule is CCCCCCCCCC/C=C\CCCCCCCCCCCCCCCC(=O)OCC(COC(=O)CCCCCCCCCC)OC(=O)CCCCCCCCCCCCCCCCCCCCC. The summed E-state index contributed by atoms with van der Waals surface area (Å²) in [6.07, 6.45) is 69.5. The van der Waals surface area contributed by atoms with E-state index in [1.54, 1.807) is 0 Å². The van der Waals surface area contributed by atoms with Gasteiger partial charge in [-0.15, -0.1) is 0 Å². The molecule has 1 atom stereocenters. The molecular weight excluding hydrogens is 865 g/mol. The summed E-state index contributed by atoms with van der Waals surface area (Å²) in [5.74, 6) is -0.841. The van der Waals surface area contributed by atoms with Gasteiger partial charge in [-0.2, -0.15) is 0 Å². The van der Waals surface area contributed by atoms with E-state index in [2.05, 4.69) is 32.9 Å². The fraction of sp³-hybridized carbons (Fsp3) is 0.922. The molecule has 0 saturated heterocycles. The van der Waals surface area contributed by atoms with Crippen molar-refractivity contribution in [2.45, 2.75) is 367 Å². The van der Waals surface area contributed by atoms with E-state index in [4.69, 9.17) is 14.2 Å². The van der Waals surface area contributed by atoms with Gasteiger partial charge in [0.1, 0.15) is 13.2 Å². The van der Waals surface area contributed by atoms with E-state index in [0.29, 0.717) is 19.3 Å². The molecule has 0 aliphatic heterocycles. The maximum Gasteiger partial charge on any atom is 0.306 e. The second-order valence-corrected chi connectivity index (χ2v) is 21.7. The van der Waals surface area contributed by atoms with Crippen LogP contribution >= 0.6 is 0 Å². The van der Waals surface area contributed by atoms with Crippen LogP contribution in [0.25, 0.3) is 0 Å². The lowest BCUT2D eigenvalue weighted by atomic mass is 10.0. The Morgan fingerprint density at radius 1 is 0.271 bits per heavy atom. The number of allylic oxidation sites excluding steroid dienone is 2. The largest absolute Gasteiger partial charge is 0.462 e. The van der Waals surface area contributed by atoms with Crippen molar-refractivity contribution in [2.75, 3.05) is 13.2 Å². The van der Waals surface area contributed by atoms with Crippen LogP contribution in [0.4, 0.5) is 0 Å². The highest BCUT2D eigenvalue weighted by Gasteiger charge is 2.19. The number of carbonyl (C=O) groups is 3. The average molecular weight is 988 g/mol. The van der Waals surface area contributed by atoms with Crippen molar-refractivity contribution < 1.29 is 28.6 Å². The molecule has 0 aliphatic carbocycles. The highest BCUT2D eigenvalue weighted by atomic mass is 16.6. The minimum absolute atomic E-state index is 0.0639. The molecule has 0 aromatic heterocycles. The van der Waals surface area contributed by atoms with Gasteiger partial charge in [-0.05, 0) is 44.9 Å². The van der Waals surface area contributed by atoms with Crippen LogP contribution in [-0.4, -0.2) is 37.2 Å². The van der Waals surface area contributed by atoms with E-state index in [0.717, 1.165) is 57.8 Å². The number of rotatable bonds is 59. The summed E-state index contributed by atoms with van der Waals surface area (Å²) in [5.41, 5.74) is 0. The molecule has 1 unspecified atom stereocenters. The molecule has 414 valence electrons. The number of esters is 3. The maximum absolute atomic E-state index is 12.9. The Morgan fingerprint density at radius 3 is 0.714 bits per heavy atom. The normalized spacial score (nSPS) is 12.0. The molecule has 0 amide bonds. The third-order valence-corrected chi connectivity index (χ3v) is 14.5. The third-order valence-electron chi connectivity index (χ3n) is 14.5. The second-order valence-electron chi connectivity index (χ2n) is 21.7. The lowest BCUT2D eigenvalue weighted by Crippen LogP contribution is -2.30. The van der Waals surface area contributed by atoms with Crippen LogP contribution in [0, 0.1) is 0 Å². The lowest BCUT2D eigenvalue weighted by molar-refractivity contribution is -0.167. The van der Waals surface area contributed by atoms with Crippen LogP contribution in [0.15, 0.2) is 12.2 Å². The first-order chi connectivity index (χ1) is 34.5. The van der Waals surface area contributed by atoms with Gasteiger partial charge in [-0.1, -0.05) is 309 Å². The van der Waals surface area contributed by atoms with Gasteiger partial charge in [-0.3, -0.25) is 14.4 Å². The molecule has 0 saturated carbocycles. The standard InChI is InChI=1S/C64H122O6/c1-4-7-10-13-16-19-21-23-25-27-29-30-31-32-33-34-36-37-39-41-43-45-48-51-54-57-63(66)69-60-61(59-68-62(65)56-53-50-47-18-15-12-9-6-3)70-64(67)58-55-52-49-46-44-42-40-38-35-28-26-24-22-20-17-14-11-8-5-2/h27,29,61H,4-26,28,30-60H2,1-3H3/b29-27-. The van der Waals surface area contributed by atoms with Gasteiger partial charge >= 0.3 is 17.9 Å². The quantitative estimate of drug-likeness (QED) is 0.0261. The Hall–Kier alpha value is -1.85. The summed E-state index contributed by atoms with van der Waals surface area (Å²) in [4.78, 5) is 38.1. The van der Waals surface area contributed by atoms with Gasteiger partial charge in [0.2, 0.25) is 0 Å². The Labute approximate surface area is 437 Å². The molecule has 0 aromatic rings. The zero-order valence-corrected chi connectivity index (χ0v) is 47.6. The summed E-state index contributed by atoms with van der Waals surface area (Å²) < 4.78 is 16.9. The monoisotopic (exact) mass is 987 g/mol. The van der Waals surface area contributed by atoms with Crippen molar-refractivity contribution >= 4 is 17.9 Å². The topological polar surface area (TPSA) is 78.9 Å². The highest BCUT2D eigenvalue weighted by Crippen LogP contribution is 2.18. The maximum atomic E-state index is 12.9. The molecular formula is C64H122O6. The minimum atomic E-state index is -0.763. The van der Waals surface area contributed by atoms with Crippen LogP contribution < -0.4 is 0 Å². The molecule has 6 nitrogen and oxygen atoms in total. The van der Waals surface area contributed by atoms with E-state index in [1.165, 1.54) is 263 Å². The van der Waals surface area contributed by atoms with Crippen LogP contribution in [0.5, 0.6) is 0 Å². The molecule has 0 aromatic carbocycles. The van der Waals surface area contributed by atoms with E-state index < -0.39 is 6.10 Å². The first-order valence-corrected chi connectivity index (χ1v) is 31.7. The van der Waals surface area contributed by atoms with Gasteiger partial charge in [0.15, 0.2) is 6.10 Å². The van der Waals surface area contributed by atoms with Crippen molar-refractivity contribution in [1.29, 1.82) is 0 Å². The Bertz CT molecular complexity index is 1090. The Morgan fingerprint density at radius 2 is 0.471 bits per heavy atom. The van der Waals surface area contributed by atoms with Gasteiger partial charge in [-0.25, -0.2) is 0 Å². The first kappa shape index (κ1) is 68.2. The number of hydrogen-bond donors (Lipinski definition) is 0. The molecule has 0 rings (SSSR count). The lowest BCUT2D eigenvalue weighted by Gasteiger charge is -2.18. The predicted octanol–water partition coefficient (Wildman–Crippen LogP) is 21.3. The number of ether oxygens (including phenoxy) is 3. The summed E-state index contributed by atoms with van der Waals surface area (Å²) in [6, 6.07) is 0. The van der Waals surface area contributed by atoms with Gasteiger partial charge in [0.05, 0.1) is 0 Å². The van der Waals surface area contributed by atoms with Crippen molar-refractivity contribution in [3.05, 3.63) is 12.2 Å². The first-order valence-electron chi connectivity index (χ1n) is 31.7. The molecule has 0 radical (unpaired) electrons. The van der Waals surface area contributed by atoms with E-state index in [-0.39, 0.29) is 31.1 Å². The van der Waals surface area contributed by atoms with E-state index in [9.17, 15) is 14.4 Å². The van der Waals surface area contributed by atoms with Crippen LogP contribution in [0.3, 0.4) is 0 Å². The van der Waals surface area contributed by atoms with Crippen molar-refractivity contribution in [2.24, 2.45) is 0 Å². The van der Waals surface area contributed by atoms with Crippen LogP contribution in [0.1, 0.15) is 361 Å². The summed E-state index contributed by atoms with van der Waals surface area (Å²) in [5, 5.41) is 0. The predicted molar refractivity (Wildman–Crippen MR) is 303 cm³/mol. The zero-order valence-electron chi connectivity index (χ0n) is 47.6. The van der Waals surface area contributed by atoms with Gasteiger partial charge in [0.25, 0.3) is 0 Å². The molecule has 6 heteroatoms. The molecule has 0 spiro atoms. The fourth-order valence-electron chi connectivity index (χ4n) is 9.74. The zero-order chi connectivity index (χ0) is 50.7. The summed E-state index contributed by atoms with van der Waals surface area (Å²) in [6.45, 7) is 6.68. The molecule has 70 heavy (non-hydrogen) atoms. The summed E-state index contributed by atoms with van der Waals surface area (Å²) >= 11 is 0. The Balaban J connectivity index is 4.10. The van der Waals surface area contributed by atoms with Gasteiger partial charge in [0, 0.05) is 19.3 Å². The highest BCUT2D eigenvalue weighted by molar-refractivity contribution is 5.71. The third kappa shape index (κ3) is 57.1. The number of carbonyl (C=O) groups excluding carboxylic acids is 3.